The molecule has 0 aliphatic rings. The van der Waals surface area contributed by atoms with Crippen LogP contribution in [-0.2, 0) is 4.74 Å². The summed E-state index contributed by atoms with van der Waals surface area (Å²) in [5, 5.41) is 3.27. The molecule has 0 spiro atoms. The molecule has 1 heterocycles. The molecular weight excluding hydrogens is 254 g/mol. The van der Waals surface area contributed by atoms with Crippen molar-refractivity contribution in [3.63, 3.8) is 0 Å². The molecule has 0 amide bonds. The number of ether oxygens (including phenoxy) is 1. The fourth-order valence-electron chi connectivity index (χ4n) is 1.94. The van der Waals surface area contributed by atoms with Gasteiger partial charge in [-0.05, 0) is 27.2 Å². The summed E-state index contributed by atoms with van der Waals surface area (Å²) in [6.07, 6.45) is 6.28. The number of rotatable bonds is 8. The van der Waals surface area contributed by atoms with Crippen molar-refractivity contribution in [3.05, 3.63) is 17.5 Å². The van der Waals surface area contributed by atoms with Gasteiger partial charge in [0.15, 0.2) is 0 Å². The minimum atomic E-state index is -0.368. The number of esters is 1. The normalized spacial score (nSPS) is 12.0. The van der Waals surface area contributed by atoms with Crippen LogP contribution in [0.15, 0.2) is 6.20 Å². The minimum Gasteiger partial charge on any atom is -0.462 e. The van der Waals surface area contributed by atoms with Gasteiger partial charge in [-0.3, -0.25) is 0 Å². The van der Waals surface area contributed by atoms with Crippen LogP contribution in [0.5, 0.6) is 0 Å². The molecule has 1 aromatic rings. The molecule has 1 unspecified atom stereocenters. The standard InChI is InChI=1S/C15H25N3O2/c1-5-7-8-9-11(3)17-15-16-10-13(12(4)18-15)14(19)20-6-2/h10-11H,5-9H2,1-4H3,(H,16,17,18). The molecule has 1 aromatic heterocycles. The first-order chi connectivity index (χ1) is 9.58. The molecule has 1 rings (SSSR count). The Balaban J connectivity index is 2.60. The second-order valence-corrected chi connectivity index (χ2v) is 4.95. The van der Waals surface area contributed by atoms with Gasteiger partial charge in [-0.2, -0.15) is 0 Å². The molecule has 5 heteroatoms. The molecule has 5 nitrogen and oxygen atoms in total. The summed E-state index contributed by atoms with van der Waals surface area (Å²) in [5.41, 5.74) is 1.07. The lowest BCUT2D eigenvalue weighted by molar-refractivity contribution is 0.0524. The Bertz CT molecular complexity index is 435. The van der Waals surface area contributed by atoms with E-state index in [0.29, 0.717) is 29.9 Å². The van der Waals surface area contributed by atoms with Crippen LogP contribution < -0.4 is 5.32 Å². The summed E-state index contributed by atoms with van der Waals surface area (Å²) >= 11 is 0. The molecule has 1 N–H and O–H groups in total. The molecule has 1 atom stereocenters. The Morgan fingerprint density at radius 2 is 2.15 bits per heavy atom. The number of nitrogens with one attached hydrogen (secondary N) is 1. The predicted molar refractivity (Wildman–Crippen MR) is 80.0 cm³/mol. The third-order valence-corrected chi connectivity index (χ3v) is 3.09. The number of anilines is 1. The van der Waals surface area contributed by atoms with Gasteiger partial charge in [-0.15, -0.1) is 0 Å². The monoisotopic (exact) mass is 279 g/mol. The molecule has 0 saturated carbocycles. The van der Waals surface area contributed by atoms with Gasteiger partial charge in [0.25, 0.3) is 0 Å². The van der Waals surface area contributed by atoms with Gasteiger partial charge in [0.05, 0.1) is 17.9 Å². The number of hydrogen-bond acceptors (Lipinski definition) is 5. The Morgan fingerprint density at radius 1 is 1.40 bits per heavy atom. The van der Waals surface area contributed by atoms with E-state index in [0.717, 1.165) is 6.42 Å². The first-order valence-corrected chi connectivity index (χ1v) is 7.35. The van der Waals surface area contributed by atoms with Crippen LogP contribution in [0.2, 0.25) is 0 Å². The van der Waals surface area contributed by atoms with E-state index in [1.807, 2.05) is 0 Å². The lowest BCUT2D eigenvalue weighted by Crippen LogP contribution is -2.18. The maximum absolute atomic E-state index is 11.7. The van der Waals surface area contributed by atoms with Crippen LogP contribution in [0.25, 0.3) is 0 Å². The maximum atomic E-state index is 11.7. The van der Waals surface area contributed by atoms with Crippen molar-refractivity contribution in [1.29, 1.82) is 0 Å². The molecule has 0 aromatic carbocycles. The van der Waals surface area contributed by atoms with Crippen LogP contribution in [0.1, 0.15) is 62.5 Å². The fourth-order valence-corrected chi connectivity index (χ4v) is 1.94. The van der Waals surface area contributed by atoms with Gasteiger partial charge >= 0.3 is 5.97 Å². The molecule has 0 aliphatic carbocycles. The molecule has 0 bridgehead atoms. The van der Waals surface area contributed by atoms with E-state index in [9.17, 15) is 4.79 Å². The van der Waals surface area contributed by atoms with Crippen molar-refractivity contribution in [2.24, 2.45) is 0 Å². The highest BCUT2D eigenvalue weighted by molar-refractivity contribution is 5.90. The van der Waals surface area contributed by atoms with Gasteiger partial charge in [-0.1, -0.05) is 26.2 Å². The molecule has 0 radical (unpaired) electrons. The Kier molecular flexibility index (Phi) is 6.98. The van der Waals surface area contributed by atoms with Crippen LogP contribution in [0.4, 0.5) is 5.95 Å². The number of aromatic nitrogens is 2. The topological polar surface area (TPSA) is 64.1 Å². The maximum Gasteiger partial charge on any atom is 0.341 e. The molecule has 0 saturated heterocycles. The highest BCUT2D eigenvalue weighted by Gasteiger charge is 2.13. The summed E-state index contributed by atoms with van der Waals surface area (Å²) in [6, 6.07) is 0.328. The number of aryl methyl sites for hydroxylation is 1. The summed E-state index contributed by atoms with van der Waals surface area (Å²) < 4.78 is 4.96. The van der Waals surface area contributed by atoms with Crippen molar-refractivity contribution in [2.45, 2.75) is 59.4 Å². The van der Waals surface area contributed by atoms with Crippen molar-refractivity contribution in [2.75, 3.05) is 11.9 Å². The number of unbranched alkanes of at least 4 members (excludes halogenated alkanes) is 2. The van der Waals surface area contributed by atoms with Crippen LogP contribution in [0, 0.1) is 6.92 Å². The minimum absolute atomic E-state index is 0.328. The predicted octanol–water partition coefficient (Wildman–Crippen LogP) is 3.34. The smallest absolute Gasteiger partial charge is 0.341 e. The number of nitrogens with zero attached hydrogens (tertiary/aromatic N) is 2. The Labute approximate surface area is 121 Å². The molecule has 0 aliphatic heterocycles. The molecule has 0 fully saturated rings. The second-order valence-electron chi connectivity index (χ2n) is 4.95. The zero-order chi connectivity index (χ0) is 15.0. The Morgan fingerprint density at radius 3 is 2.75 bits per heavy atom. The summed E-state index contributed by atoms with van der Waals surface area (Å²) in [7, 11) is 0. The summed E-state index contributed by atoms with van der Waals surface area (Å²) in [5.74, 6) is 0.201. The molecule has 20 heavy (non-hydrogen) atoms. The number of hydrogen-bond donors (Lipinski definition) is 1. The average molecular weight is 279 g/mol. The zero-order valence-electron chi connectivity index (χ0n) is 12.9. The van der Waals surface area contributed by atoms with E-state index in [-0.39, 0.29) is 5.97 Å². The molecule has 112 valence electrons. The Hall–Kier alpha value is -1.65. The van der Waals surface area contributed by atoms with E-state index in [1.165, 1.54) is 25.5 Å². The third-order valence-electron chi connectivity index (χ3n) is 3.09. The van der Waals surface area contributed by atoms with Crippen molar-refractivity contribution >= 4 is 11.9 Å². The second kappa shape index (κ2) is 8.51. The number of carbonyl (C=O) groups excluding carboxylic acids is 1. The van der Waals surface area contributed by atoms with Gasteiger partial charge in [0.2, 0.25) is 5.95 Å². The van der Waals surface area contributed by atoms with Gasteiger partial charge in [0.1, 0.15) is 0 Å². The van der Waals surface area contributed by atoms with Crippen LogP contribution >= 0.6 is 0 Å². The van der Waals surface area contributed by atoms with E-state index in [4.69, 9.17) is 4.74 Å². The summed E-state index contributed by atoms with van der Waals surface area (Å²) in [6.45, 7) is 8.24. The highest BCUT2D eigenvalue weighted by Crippen LogP contribution is 2.11. The van der Waals surface area contributed by atoms with Crippen molar-refractivity contribution in [1.82, 2.24) is 9.97 Å². The molecular formula is C15H25N3O2. The number of carbonyl (C=O) groups is 1. The van der Waals surface area contributed by atoms with Crippen LogP contribution in [-0.4, -0.2) is 28.6 Å². The first-order valence-electron chi connectivity index (χ1n) is 7.35. The highest BCUT2D eigenvalue weighted by atomic mass is 16.5. The quantitative estimate of drug-likeness (QED) is 0.584. The third kappa shape index (κ3) is 5.15. The van der Waals surface area contributed by atoms with E-state index < -0.39 is 0 Å². The lowest BCUT2D eigenvalue weighted by Gasteiger charge is -2.14. The summed E-state index contributed by atoms with van der Waals surface area (Å²) in [4.78, 5) is 20.2. The van der Waals surface area contributed by atoms with Gasteiger partial charge in [-0.25, -0.2) is 14.8 Å². The van der Waals surface area contributed by atoms with Crippen LogP contribution in [0.3, 0.4) is 0 Å². The largest absolute Gasteiger partial charge is 0.462 e. The van der Waals surface area contributed by atoms with Gasteiger partial charge in [0, 0.05) is 12.2 Å². The van der Waals surface area contributed by atoms with E-state index >= 15 is 0 Å². The average Bonchev–Trinajstić information content (AvgIpc) is 2.39. The fraction of sp³-hybridized carbons (Fsp3) is 0.667. The van der Waals surface area contributed by atoms with Crippen molar-refractivity contribution < 1.29 is 9.53 Å². The first kappa shape index (κ1) is 16.4. The zero-order valence-corrected chi connectivity index (χ0v) is 12.9. The van der Waals surface area contributed by atoms with Crippen molar-refractivity contribution in [3.8, 4) is 0 Å². The van der Waals surface area contributed by atoms with Gasteiger partial charge < -0.3 is 10.1 Å². The lowest BCUT2D eigenvalue weighted by atomic mass is 10.1. The SMILES string of the molecule is CCCCCC(C)Nc1ncc(C(=O)OCC)c(C)n1. The van der Waals surface area contributed by atoms with E-state index in [2.05, 4.69) is 29.1 Å². The van der Waals surface area contributed by atoms with E-state index in [1.54, 1.807) is 13.8 Å².